The molecule has 0 radical (unpaired) electrons. The van der Waals surface area contributed by atoms with Gasteiger partial charge in [0.15, 0.2) is 0 Å². The number of thiophene rings is 2. The van der Waals surface area contributed by atoms with E-state index in [1.165, 1.54) is 0 Å². The Morgan fingerprint density at radius 1 is 0.871 bits per heavy atom. The van der Waals surface area contributed by atoms with Crippen molar-refractivity contribution in [2.45, 2.75) is 0 Å². The Labute approximate surface area is 188 Å². The molecule has 1 aliphatic heterocycles. The number of methoxy groups -OCH3 is 2. The Hall–Kier alpha value is -3.35. The molecule has 0 saturated carbocycles. The van der Waals surface area contributed by atoms with Crippen LogP contribution in [0.5, 0.6) is 5.75 Å². The molecule has 0 aliphatic carbocycles. The van der Waals surface area contributed by atoms with Gasteiger partial charge in [0.05, 0.1) is 41.1 Å². The van der Waals surface area contributed by atoms with E-state index in [1.54, 1.807) is 36.9 Å². The maximum absolute atomic E-state index is 5.70. The van der Waals surface area contributed by atoms with Gasteiger partial charge in [-0.05, 0) is 28.5 Å². The van der Waals surface area contributed by atoms with Crippen molar-refractivity contribution >= 4 is 34.0 Å². The minimum atomic E-state index is 0.767. The first kappa shape index (κ1) is 19.6. The van der Waals surface area contributed by atoms with Crippen LogP contribution in [0.3, 0.4) is 0 Å². The summed E-state index contributed by atoms with van der Waals surface area (Å²) in [5.41, 5.74) is 5.71. The standard InChI is InChI=1S/C25H20N2O2S2/c1-28-19-14-17(26-24(19)21-10-6-12-30-21)23(16-8-4-3-5-9-16)18-15-20(29-2)25(27-18)22-11-7-13-31-22/h3-15,26H,1-2H3/b23-18+. The van der Waals surface area contributed by atoms with Gasteiger partial charge < -0.3 is 14.5 Å². The number of aromatic nitrogens is 1. The normalized spacial score (nSPS) is 14.9. The molecule has 0 bridgehead atoms. The van der Waals surface area contributed by atoms with Gasteiger partial charge in [-0.25, -0.2) is 4.99 Å². The third kappa shape index (κ3) is 3.65. The van der Waals surface area contributed by atoms with E-state index in [4.69, 9.17) is 14.5 Å². The van der Waals surface area contributed by atoms with Crippen LogP contribution in [0.4, 0.5) is 0 Å². The number of benzene rings is 1. The SMILES string of the molecule is COC1=C/C(=C(/c2ccccc2)c2cc(OC)c(-c3cccs3)[nH]2)N=C1c1cccs1. The number of nitrogens with zero attached hydrogens (tertiary/aromatic N) is 1. The van der Waals surface area contributed by atoms with Crippen LogP contribution in [-0.2, 0) is 4.74 Å². The predicted octanol–water partition coefficient (Wildman–Crippen LogP) is 6.61. The van der Waals surface area contributed by atoms with Crippen LogP contribution in [0.15, 0.2) is 93.9 Å². The van der Waals surface area contributed by atoms with Gasteiger partial charge >= 0.3 is 0 Å². The van der Waals surface area contributed by atoms with Gasteiger partial charge in [0.25, 0.3) is 0 Å². The number of nitrogens with one attached hydrogen (secondary N) is 1. The van der Waals surface area contributed by atoms with Crippen molar-refractivity contribution < 1.29 is 9.47 Å². The minimum absolute atomic E-state index is 0.767. The molecule has 5 rings (SSSR count). The molecule has 0 fully saturated rings. The number of hydrogen-bond acceptors (Lipinski definition) is 5. The molecule has 3 aromatic heterocycles. The molecule has 6 heteroatoms. The highest BCUT2D eigenvalue weighted by Gasteiger charge is 2.24. The van der Waals surface area contributed by atoms with Gasteiger partial charge in [-0.3, -0.25) is 0 Å². The molecule has 4 heterocycles. The number of ether oxygens (including phenoxy) is 2. The second-order valence-electron chi connectivity index (χ2n) is 6.88. The highest BCUT2D eigenvalue weighted by atomic mass is 32.1. The first-order valence-corrected chi connectivity index (χ1v) is 11.5. The Bertz CT molecular complexity index is 1280. The Kier molecular flexibility index (Phi) is 5.32. The van der Waals surface area contributed by atoms with E-state index in [2.05, 4.69) is 34.6 Å². The summed E-state index contributed by atoms with van der Waals surface area (Å²) in [4.78, 5) is 10.8. The van der Waals surface area contributed by atoms with Crippen molar-refractivity contribution in [1.29, 1.82) is 0 Å². The number of hydrogen-bond donors (Lipinski definition) is 1. The lowest BCUT2D eigenvalue weighted by molar-refractivity contribution is 0.316. The summed E-state index contributed by atoms with van der Waals surface area (Å²) in [5, 5.41) is 4.11. The Balaban J connectivity index is 1.73. The fourth-order valence-electron chi connectivity index (χ4n) is 3.66. The van der Waals surface area contributed by atoms with Crippen LogP contribution in [0.2, 0.25) is 0 Å². The van der Waals surface area contributed by atoms with E-state index in [1.807, 2.05) is 47.9 Å². The maximum atomic E-state index is 5.70. The van der Waals surface area contributed by atoms with Gasteiger partial charge in [-0.15, -0.1) is 22.7 Å². The van der Waals surface area contributed by atoms with Crippen LogP contribution in [0, 0.1) is 0 Å². The first-order chi connectivity index (χ1) is 15.3. The highest BCUT2D eigenvalue weighted by Crippen LogP contribution is 2.39. The summed E-state index contributed by atoms with van der Waals surface area (Å²) < 4.78 is 11.4. The van der Waals surface area contributed by atoms with Crippen LogP contribution < -0.4 is 4.74 Å². The van der Waals surface area contributed by atoms with E-state index in [9.17, 15) is 0 Å². The minimum Gasteiger partial charge on any atom is -0.494 e. The van der Waals surface area contributed by atoms with Crippen LogP contribution in [0.25, 0.3) is 16.1 Å². The van der Waals surface area contributed by atoms with E-state index in [-0.39, 0.29) is 0 Å². The fourth-order valence-corrected chi connectivity index (χ4v) is 5.10. The van der Waals surface area contributed by atoms with Gasteiger partial charge in [0.2, 0.25) is 0 Å². The van der Waals surface area contributed by atoms with Crippen molar-refractivity contribution in [2.24, 2.45) is 4.99 Å². The lowest BCUT2D eigenvalue weighted by Gasteiger charge is -2.08. The van der Waals surface area contributed by atoms with Crippen molar-refractivity contribution in [3.63, 3.8) is 0 Å². The summed E-state index contributed by atoms with van der Waals surface area (Å²) in [6.45, 7) is 0. The molecule has 1 aromatic carbocycles. The van der Waals surface area contributed by atoms with E-state index >= 15 is 0 Å². The van der Waals surface area contributed by atoms with Crippen molar-refractivity contribution in [3.8, 4) is 16.3 Å². The summed E-state index contributed by atoms with van der Waals surface area (Å²) in [7, 11) is 3.39. The second-order valence-corrected chi connectivity index (χ2v) is 8.78. The number of aromatic amines is 1. The van der Waals surface area contributed by atoms with E-state index in [0.717, 1.165) is 55.2 Å². The molecule has 0 atom stereocenters. The van der Waals surface area contributed by atoms with Crippen LogP contribution in [0.1, 0.15) is 16.1 Å². The molecular weight excluding hydrogens is 424 g/mol. The Morgan fingerprint density at radius 3 is 2.26 bits per heavy atom. The largest absolute Gasteiger partial charge is 0.494 e. The highest BCUT2D eigenvalue weighted by molar-refractivity contribution is 7.13. The predicted molar refractivity (Wildman–Crippen MR) is 129 cm³/mol. The van der Waals surface area contributed by atoms with Gasteiger partial charge in [0.1, 0.15) is 17.2 Å². The molecular formula is C25H20N2O2S2. The molecule has 0 unspecified atom stereocenters. The Morgan fingerprint density at radius 2 is 1.61 bits per heavy atom. The zero-order valence-corrected chi connectivity index (χ0v) is 18.7. The first-order valence-electron chi connectivity index (χ1n) is 9.78. The quantitative estimate of drug-likeness (QED) is 0.364. The third-order valence-electron chi connectivity index (χ3n) is 5.06. The average Bonchev–Trinajstić information content (AvgIpc) is 3.61. The lowest BCUT2D eigenvalue weighted by atomic mass is 10.0. The summed E-state index contributed by atoms with van der Waals surface area (Å²) >= 11 is 3.33. The number of H-pyrrole nitrogens is 1. The van der Waals surface area contributed by atoms with E-state index in [0.29, 0.717) is 0 Å². The molecule has 154 valence electrons. The molecule has 0 spiro atoms. The number of allylic oxidation sites excluding steroid dienone is 2. The van der Waals surface area contributed by atoms with Gasteiger partial charge in [-0.2, -0.15) is 0 Å². The molecule has 0 amide bonds. The van der Waals surface area contributed by atoms with Crippen LogP contribution >= 0.6 is 22.7 Å². The zero-order valence-electron chi connectivity index (χ0n) is 17.1. The van der Waals surface area contributed by atoms with Gasteiger partial charge in [0, 0.05) is 17.7 Å². The molecule has 31 heavy (non-hydrogen) atoms. The van der Waals surface area contributed by atoms with Crippen molar-refractivity contribution in [1.82, 2.24) is 4.98 Å². The molecule has 0 saturated heterocycles. The second kappa shape index (κ2) is 8.41. The average molecular weight is 445 g/mol. The monoisotopic (exact) mass is 444 g/mol. The zero-order chi connectivity index (χ0) is 21.2. The molecule has 4 aromatic rings. The van der Waals surface area contributed by atoms with Crippen molar-refractivity contribution in [2.75, 3.05) is 14.2 Å². The molecule has 4 nitrogen and oxygen atoms in total. The number of aliphatic imine (C=N–C) groups is 1. The van der Waals surface area contributed by atoms with Crippen molar-refractivity contribution in [3.05, 3.63) is 105 Å². The number of rotatable bonds is 6. The molecule has 1 aliphatic rings. The maximum Gasteiger partial charge on any atom is 0.148 e. The molecule has 1 N–H and O–H groups in total. The van der Waals surface area contributed by atoms with E-state index < -0.39 is 0 Å². The fraction of sp³-hybridized carbons (Fsp3) is 0.0800. The topological polar surface area (TPSA) is 46.6 Å². The summed E-state index contributed by atoms with van der Waals surface area (Å²) in [6.07, 6.45) is 2.01. The van der Waals surface area contributed by atoms with Crippen LogP contribution in [-0.4, -0.2) is 24.9 Å². The summed E-state index contributed by atoms with van der Waals surface area (Å²) in [5.74, 6) is 1.57. The van der Waals surface area contributed by atoms with Gasteiger partial charge in [-0.1, -0.05) is 42.5 Å². The third-order valence-corrected chi connectivity index (χ3v) is 6.83. The smallest absolute Gasteiger partial charge is 0.148 e. The lowest BCUT2D eigenvalue weighted by Crippen LogP contribution is -2.00. The summed E-state index contributed by atoms with van der Waals surface area (Å²) in [6, 6.07) is 20.5.